The van der Waals surface area contributed by atoms with Gasteiger partial charge < -0.3 is 5.73 Å². The van der Waals surface area contributed by atoms with Gasteiger partial charge in [0, 0.05) is 6.04 Å². The Balaban J connectivity index is 1.95. The Bertz CT molecular complexity index is 432. The molecule has 0 bridgehead atoms. The van der Waals surface area contributed by atoms with Crippen LogP contribution in [0.5, 0.6) is 0 Å². The normalized spacial score (nSPS) is 24.0. The van der Waals surface area contributed by atoms with E-state index >= 15 is 0 Å². The molecule has 1 atom stereocenters. The highest BCUT2D eigenvalue weighted by molar-refractivity contribution is 5.38. The Morgan fingerprint density at radius 1 is 1.05 bits per heavy atom. The molecule has 1 fully saturated rings. The molecule has 2 N–H and O–H groups in total. The molecular weight excluding hydrogens is 254 g/mol. The molecule has 1 aliphatic carbocycles. The molecule has 1 aromatic rings. The van der Waals surface area contributed by atoms with Gasteiger partial charge in [-0.15, -0.1) is 0 Å². The summed E-state index contributed by atoms with van der Waals surface area (Å²) >= 11 is 0. The van der Waals surface area contributed by atoms with E-state index in [4.69, 9.17) is 5.73 Å². The SMILES string of the molecule is CCCC1CCC(C(N)Cc2c(C)cc(C)cc2C)CC1. The van der Waals surface area contributed by atoms with Crippen molar-refractivity contribution in [3.8, 4) is 0 Å². The van der Waals surface area contributed by atoms with Gasteiger partial charge in [0.1, 0.15) is 0 Å². The molecular formula is C20H33N. The molecule has 1 heteroatoms. The van der Waals surface area contributed by atoms with Crippen molar-refractivity contribution in [3.63, 3.8) is 0 Å². The van der Waals surface area contributed by atoms with E-state index in [0.29, 0.717) is 6.04 Å². The predicted molar refractivity (Wildman–Crippen MR) is 92.7 cm³/mol. The van der Waals surface area contributed by atoms with Gasteiger partial charge in [0.25, 0.3) is 0 Å². The molecule has 0 radical (unpaired) electrons. The zero-order chi connectivity index (χ0) is 15.4. The largest absolute Gasteiger partial charge is 0.327 e. The van der Waals surface area contributed by atoms with E-state index in [2.05, 4.69) is 39.8 Å². The van der Waals surface area contributed by atoms with Crippen LogP contribution in [0.2, 0.25) is 0 Å². The minimum Gasteiger partial charge on any atom is -0.327 e. The van der Waals surface area contributed by atoms with Gasteiger partial charge in [0.15, 0.2) is 0 Å². The molecule has 0 aliphatic heterocycles. The molecule has 1 saturated carbocycles. The van der Waals surface area contributed by atoms with Gasteiger partial charge in [-0.1, -0.05) is 50.3 Å². The van der Waals surface area contributed by atoms with Crippen molar-refractivity contribution in [2.24, 2.45) is 17.6 Å². The fraction of sp³-hybridized carbons (Fsp3) is 0.700. The molecule has 21 heavy (non-hydrogen) atoms. The van der Waals surface area contributed by atoms with Gasteiger partial charge in [-0.05, 0) is 68.6 Å². The second-order valence-electron chi connectivity index (χ2n) is 7.31. The average molecular weight is 287 g/mol. The molecule has 0 heterocycles. The topological polar surface area (TPSA) is 26.0 Å². The van der Waals surface area contributed by atoms with E-state index in [1.165, 1.54) is 60.8 Å². The summed E-state index contributed by atoms with van der Waals surface area (Å²) in [7, 11) is 0. The van der Waals surface area contributed by atoms with Gasteiger partial charge in [-0.2, -0.15) is 0 Å². The van der Waals surface area contributed by atoms with Crippen molar-refractivity contribution in [2.75, 3.05) is 0 Å². The molecule has 0 aromatic heterocycles. The van der Waals surface area contributed by atoms with Crippen LogP contribution in [-0.4, -0.2) is 6.04 Å². The highest BCUT2D eigenvalue weighted by atomic mass is 14.7. The van der Waals surface area contributed by atoms with Crippen LogP contribution in [0, 0.1) is 32.6 Å². The maximum absolute atomic E-state index is 6.58. The lowest BCUT2D eigenvalue weighted by Gasteiger charge is -2.32. The van der Waals surface area contributed by atoms with Crippen LogP contribution < -0.4 is 5.73 Å². The van der Waals surface area contributed by atoms with Crippen molar-refractivity contribution >= 4 is 0 Å². The molecule has 0 spiro atoms. The third-order valence-electron chi connectivity index (χ3n) is 5.47. The second kappa shape index (κ2) is 7.45. The van der Waals surface area contributed by atoms with E-state index < -0.39 is 0 Å². The summed E-state index contributed by atoms with van der Waals surface area (Å²) in [5.74, 6) is 1.71. The molecule has 0 amide bonds. The third kappa shape index (κ3) is 4.32. The lowest BCUT2D eigenvalue weighted by Crippen LogP contribution is -2.35. The standard InChI is InChI=1S/C20H33N/c1-5-6-17-7-9-18(10-8-17)20(21)13-19-15(3)11-14(2)12-16(19)4/h11-12,17-18,20H,5-10,13,21H2,1-4H3. The summed E-state index contributed by atoms with van der Waals surface area (Å²) in [6.45, 7) is 8.96. The fourth-order valence-corrected chi connectivity index (χ4v) is 4.25. The van der Waals surface area contributed by atoms with E-state index in [1.807, 2.05) is 0 Å². The van der Waals surface area contributed by atoms with Crippen LogP contribution in [0.25, 0.3) is 0 Å². The van der Waals surface area contributed by atoms with Crippen LogP contribution in [0.4, 0.5) is 0 Å². The summed E-state index contributed by atoms with van der Waals surface area (Å²) in [5, 5.41) is 0. The van der Waals surface area contributed by atoms with E-state index in [9.17, 15) is 0 Å². The Morgan fingerprint density at radius 2 is 1.62 bits per heavy atom. The monoisotopic (exact) mass is 287 g/mol. The number of hydrogen-bond donors (Lipinski definition) is 1. The van der Waals surface area contributed by atoms with Crippen LogP contribution >= 0.6 is 0 Å². The average Bonchev–Trinajstić information content (AvgIpc) is 2.43. The predicted octanol–water partition coefficient (Wildman–Crippen LogP) is 5.09. The number of nitrogens with two attached hydrogens (primary N) is 1. The maximum Gasteiger partial charge on any atom is 0.0108 e. The Labute approximate surface area is 131 Å². The van der Waals surface area contributed by atoms with Crippen LogP contribution in [0.15, 0.2) is 12.1 Å². The number of aryl methyl sites for hydroxylation is 3. The summed E-state index contributed by atoms with van der Waals surface area (Å²) < 4.78 is 0. The van der Waals surface area contributed by atoms with Gasteiger partial charge in [-0.25, -0.2) is 0 Å². The van der Waals surface area contributed by atoms with Crippen LogP contribution in [0.3, 0.4) is 0 Å². The molecule has 1 aliphatic rings. The zero-order valence-electron chi connectivity index (χ0n) is 14.4. The molecule has 2 rings (SSSR count). The van der Waals surface area contributed by atoms with Crippen molar-refractivity contribution in [1.82, 2.24) is 0 Å². The van der Waals surface area contributed by atoms with Gasteiger partial charge in [-0.3, -0.25) is 0 Å². The summed E-state index contributed by atoms with van der Waals surface area (Å²) in [6.07, 6.45) is 9.30. The van der Waals surface area contributed by atoms with Gasteiger partial charge in [0.2, 0.25) is 0 Å². The van der Waals surface area contributed by atoms with Crippen LogP contribution in [0.1, 0.15) is 67.7 Å². The van der Waals surface area contributed by atoms with E-state index in [1.54, 1.807) is 0 Å². The lowest BCUT2D eigenvalue weighted by molar-refractivity contribution is 0.232. The second-order valence-corrected chi connectivity index (χ2v) is 7.31. The minimum absolute atomic E-state index is 0.340. The zero-order valence-corrected chi connectivity index (χ0v) is 14.4. The first kappa shape index (κ1) is 16.5. The van der Waals surface area contributed by atoms with Crippen LogP contribution in [-0.2, 0) is 6.42 Å². The van der Waals surface area contributed by atoms with Crippen molar-refractivity contribution in [2.45, 2.75) is 78.7 Å². The van der Waals surface area contributed by atoms with E-state index in [-0.39, 0.29) is 0 Å². The van der Waals surface area contributed by atoms with Gasteiger partial charge in [0.05, 0.1) is 0 Å². The first-order valence-electron chi connectivity index (χ1n) is 8.83. The molecule has 1 aromatic carbocycles. The molecule has 1 nitrogen and oxygen atoms in total. The number of rotatable bonds is 5. The van der Waals surface area contributed by atoms with Crippen molar-refractivity contribution in [3.05, 3.63) is 34.4 Å². The van der Waals surface area contributed by atoms with E-state index in [0.717, 1.165) is 18.3 Å². The van der Waals surface area contributed by atoms with Crippen molar-refractivity contribution < 1.29 is 0 Å². The summed E-state index contributed by atoms with van der Waals surface area (Å²) in [4.78, 5) is 0. The Hall–Kier alpha value is -0.820. The Morgan fingerprint density at radius 3 is 2.14 bits per heavy atom. The number of benzene rings is 1. The lowest BCUT2D eigenvalue weighted by atomic mass is 9.75. The third-order valence-corrected chi connectivity index (χ3v) is 5.47. The van der Waals surface area contributed by atoms with Crippen molar-refractivity contribution in [1.29, 1.82) is 0 Å². The quantitative estimate of drug-likeness (QED) is 0.802. The minimum atomic E-state index is 0.340. The Kier molecular flexibility index (Phi) is 5.87. The first-order valence-corrected chi connectivity index (χ1v) is 8.83. The molecule has 1 unspecified atom stereocenters. The highest BCUT2D eigenvalue weighted by Gasteiger charge is 2.25. The molecule has 0 saturated heterocycles. The van der Waals surface area contributed by atoms with Gasteiger partial charge >= 0.3 is 0 Å². The first-order chi connectivity index (χ1) is 10.0. The molecule has 118 valence electrons. The summed E-state index contributed by atoms with van der Waals surface area (Å²) in [5.41, 5.74) is 12.3. The maximum atomic E-state index is 6.58. The number of hydrogen-bond acceptors (Lipinski definition) is 1. The smallest absolute Gasteiger partial charge is 0.0108 e. The highest BCUT2D eigenvalue weighted by Crippen LogP contribution is 2.34. The summed E-state index contributed by atoms with van der Waals surface area (Å²) in [6, 6.07) is 4.94. The fourth-order valence-electron chi connectivity index (χ4n) is 4.25.